The van der Waals surface area contributed by atoms with E-state index in [0.717, 1.165) is 17.9 Å². The maximum Gasteiger partial charge on any atom is 0.123 e. The third kappa shape index (κ3) is 4.10. The molecule has 0 saturated carbocycles. The number of ether oxygens (including phenoxy) is 2. The van der Waals surface area contributed by atoms with E-state index in [9.17, 15) is 0 Å². The first kappa shape index (κ1) is 12.3. The lowest BCUT2D eigenvalue weighted by Gasteiger charge is -2.10. The number of benzene rings is 1. The first-order valence-corrected chi connectivity index (χ1v) is 5.67. The predicted molar refractivity (Wildman–Crippen MR) is 62.7 cm³/mol. The van der Waals surface area contributed by atoms with Crippen molar-refractivity contribution in [2.75, 3.05) is 19.8 Å². The van der Waals surface area contributed by atoms with Crippen LogP contribution >= 0.6 is 11.6 Å². The second kappa shape index (κ2) is 6.70. The number of hydrogen-bond donors (Lipinski definition) is 0. The molecule has 0 aliphatic carbocycles. The summed E-state index contributed by atoms with van der Waals surface area (Å²) in [4.78, 5) is 0. The molecule has 0 radical (unpaired) electrons. The van der Waals surface area contributed by atoms with Crippen LogP contribution in [0.1, 0.15) is 18.1 Å². The number of rotatable bonds is 6. The maximum absolute atomic E-state index is 5.83. The molecule has 15 heavy (non-hydrogen) atoms. The average molecular weight is 229 g/mol. The Bertz CT molecular complexity index is 300. The molecule has 0 aromatic heterocycles. The Morgan fingerprint density at radius 1 is 1.27 bits per heavy atom. The van der Waals surface area contributed by atoms with Crippen LogP contribution in [0, 0.1) is 6.92 Å². The van der Waals surface area contributed by atoms with Crippen LogP contribution in [0.5, 0.6) is 5.75 Å². The zero-order valence-corrected chi connectivity index (χ0v) is 10.0. The summed E-state index contributed by atoms with van der Waals surface area (Å²) in [6.07, 6.45) is 0. The maximum atomic E-state index is 5.83. The zero-order valence-electron chi connectivity index (χ0n) is 9.25. The van der Waals surface area contributed by atoms with Gasteiger partial charge in [-0.15, -0.1) is 11.6 Å². The molecule has 0 bridgehead atoms. The monoisotopic (exact) mass is 228 g/mol. The Hall–Kier alpha value is -0.730. The average Bonchev–Trinajstić information content (AvgIpc) is 2.26. The van der Waals surface area contributed by atoms with Crippen LogP contribution < -0.4 is 4.74 Å². The summed E-state index contributed by atoms with van der Waals surface area (Å²) in [5.74, 6) is 1.33. The highest BCUT2D eigenvalue weighted by Crippen LogP contribution is 2.21. The van der Waals surface area contributed by atoms with E-state index >= 15 is 0 Å². The van der Waals surface area contributed by atoms with Crippen molar-refractivity contribution < 1.29 is 9.47 Å². The normalized spacial score (nSPS) is 10.3. The van der Waals surface area contributed by atoms with Crippen LogP contribution in [-0.4, -0.2) is 19.8 Å². The number of hydrogen-bond acceptors (Lipinski definition) is 2. The molecule has 0 unspecified atom stereocenters. The predicted octanol–water partition coefficient (Wildman–Crippen LogP) is 3.15. The molecule has 0 saturated heterocycles. The third-order valence-electron chi connectivity index (χ3n) is 2.05. The van der Waals surface area contributed by atoms with Crippen LogP contribution in [0.4, 0.5) is 0 Å². The van der Waals surface area contributed by atoms with Crippen molar-refractivity contribution >= 4 is 11.6 Å². The minimum atomic E-state index is 0.478. The SMILES string of the molecule is CCOCCOc1ccc(C)cc1CCl. The number of alkyl halides is 1. The lowest BCUT2D eigenvalue weighted by molar-refractivity contribution is 0.110. The second-order valence-electron chi connectivity index (χ2n) is 3.29. The van der Waals surface area contributed by atoms with E-state index < -0.39 is 0 Å². The number of halogens is 1. The molecule has 0 aliphatic rings. The standard InChI is InChI=1S/C12H17ClO2/c1-3-14-6-7-15-12-5-4-10(2)8-11(12)9-13/h4-5,8H,3,6-7,9H2,1-2H3. The number of aryl methyl sites for hydroxylation is 1. The largest absolute Gasteiger partial charge is 0.491 e. The summed E-state index contributed by atoms with van der Waals surface area (Å²) < 4.78 is 10.8. The molecule has 0 atom stereocenters. The molecule has 0 N–H and O–H groups in total. The molecule has 2 nitrogen and oxygen atoms in total. The topological polar surface area (TPSA) is 18.5 Å². The van der Waals surface area contributed by atoms with Gasteiger partial charge >= 0.3 is 0 Å². The van der Waals surface area contributed by atoms with Gasteiger partial charge < -0.3 is 9.47 Å². The van der Waals surface area contributed by atoms with Crippen LogP contribution in [-0.2, 0) is 10.6 Å². The van der Waals surface area contributed by atoms with E-state index in [4.69, 9.17) is 21.1 Å². The molecular weight excluding hydrogens is 212 g/mol. The van der Waals surface area contributed by atoms with Gasteiger partial charge in [0.15, 0.2) is 0 Å². The molecule has 0 aliphatic heterocycles. The molecule has 1 aromatic carbocycles. The van der Waals surface area contributed by atoms with E-state index in [1.165, 1.54) is 5.56 Å². The molecule has 0 fully saturated rings. The van der Waals surface area contributed by atoms with Gasteiger partial charge in [0.1, 0.15) is 12.4 Å². The van der Waals surface area contributed by atoms with Crippen LogP contribution in [0.25, 0.3) is 0 Å². The highest BCUT2D eigenvalue weighted by atomic mass is 35.5. The van der Waals surface area contributed by atoms with E-state index in [-0.39, 0.29) is 0 Å². The minimum Gasteiger partial charge on any atom is -0.491 e. The third-order valence-corrected chi connectivity index (χ3v) is 2.34. The Labute approximate surface area is 96.2 Å². The Kier molecular flexibility index (Phi) is 5.51. The highest BCUT2D eigenvalue weighted by Gasteiger charge is 2.02. The lowest BCUT2D eigenvalue weighted by atomic mass is 10.1. The smallest absolute Gasteiger partial charge is 0.123 e. The van der Waals surface area contributed by atoms with Gasteiger partial charge in [0.25, 0.3) is 0 Å². The van der Waals surface area contributed by atoms with Crippen molar-refractivity contribution in [3.63, 3.8) is 0 Å². The van der Waals surface area contributed by atoms with Gasteiger partial charge in [0, 0.05) is 12.2 Å². The van der Waals surface area contributed by atoms with E-state index in [0.29, 0.717) is 19.1 Å². The molecule has 1 aromatic rings. The molecule has 0 heterocycles. The molecule has 1 rings (SSSR count). The summed E-state index contributed by atoms with van der Waals surface area (Å²) in [7, 11) is 0. The van der Waals surface area contributed by atoms with E-state index in [2.05, 4.69) is 0 Å². The van der Waals surface area contributed by atoms with Gasteiger partial charge in [-0.3, -0.25) is 0 Å². The summed E-state index contributed by atoms with van der Waals surface area (Å²) in [5, 5.41) is 0. The fourth-order valence-electron chi connectivity index (χ4n) is 1.31. The molecule has 3 heteroatoms. The summed E-state index contributed by atoms with van der Waals surface area (Å²) in [6.45, 7) is 5.92. The molecule has 0 spiro atoms. The van der Waals surface area contributed by atoms with Crippen molar-refractivity contribution in [3.05, 3.63) is 29.3 Å². The highest BCUT2D eigenvalue weighted by molar-refractivity contribution is 6.17. The fraction of sp³-hybridized carbons (Fsp3) is 0.500. The Balaban J connectivity index is 2.52. The van der Waals surface area contributed by atoms with Gasteiger partial charge in [-0.1, -0.05) is 17.7 Å². The Morgan fingerprint density at radius 2 is 2.07 bits per heavy atom. The minimum absolute atomic E-state index is 0.478. The van der Waals surface area contributed by atoms with Gasteiger partial charge in [0.05, 0.1) is 12.5 Å². The first-order valence-electron chi connectivity index (χ1n) is 5.14. The van der Waals surface area contributed by atoms with E-state index in [1.807, 2.05) is 32.0 Å². The fourth-order valence-corrected chi connectivity index (χ4v) is 1.52. The van der Waals surface area contributed by atoms with Gasteiger partial charge in [-0.25, -0.2) is 0 Å². The van der Waals surface area contributed by atoms with Crippen molar-refractivity contribution in [1.82, 2.24) is 0 Å². The van der Waals surface area contributed by atoms with Gasteiger partial charge in [0.2, 0.25) is 0 Å². The van der Waals surface area contributed by atoms with Crippen molar-refractivity contribution in [2.45, 2.75) is 19.7 Å². The van der Waals surface area contributed by atoms with Gasteiger partial charge in [-0.2, -0.15) is 0 Å². The van der Waals surface area contributed by atoms with Crippen LogP contribution in [0.3, 0.4) is 0 Å². The summed E-state index contributed by atoms with van der Waals surface area (Å²) in [6, 6.07) is 6.02. The lowest BCUT2D eigenvalue weighted by Crippen LogP contribution is -2.07. The molecular formula is C12H17ClO2. The van der Waals surface area contributed by atoms with Crippen molar-refractivity contribution in [2.24, 2.45) is 0 Å². The van der Waals surface area contributed by atoms with E-state index in [1.54, 1.807) is 0 Å². The molecule has 0 amide bonds. The van der Waals surface area contributed by atoms with Crippen LogP contribution in [0.2, 0.25) is 0 Å². The zero-order chi connectivity index (χ0) is 11.1. The Morgan fingerprint density at radius 3 is 2.73 bits per heavy atom. The second-order valence-corrected chi connectivity index (χ2v) is 3.56. The first-order chi connectivity index (χ1) is 7.27. The quantitative estimate of drug-likeness (QED) is 0.550. The van der Waals surface area contributed by atoms with Gasteiger partial charge in [-0.05, 0) is 19.9 Å². The van der Waals surface area contributed by atoms with Crippen molar-refractivity contribution in [1.29, 1.82) is 0 Å². The summed E-state index contributed by atoms with van der Waals surface area (Å²) >= 11 is 5.83. The van der Waals surface area contributed by atoms with Crippen LogP contribution in [0.15, 0.2) is 18.2 Å². The van der Waals surface area contributed by atoms with Crippen molar-refractivity contribution in [3.8, 4) is 5.75 Å². The summed E-state index contributed by atoms with van der Waals surface area (Å²) in [5.41, 5.74) is 2.23. The molecule has 84 valence electrons.